The Balaban J connectivity index is 0.924. The third-order valence-electron chi connectivity index (χ3n) is 12.7. The molecule has 1 spiro atoms. The van der Waals surface area contributed by atoms with Crippen molar-refractivity contribution in [1.29, 1.82) is 0 Å². The molecule has 2 saturated heterocycles. The second-order valence-electron chi connectivity index (χ2n) is 16.7. The van der Waals surface area contributed by atoms with Gasteiger partial charge in [-0.3, -0.25) is 15.0 Å². The van der Waals surface area contributed by atoms with E-state index < -0.39 is 31.8 Å². The van der Waals surface area contributed by atoms with Crippen LogP contribution in [0.25, 0.3) is 16.6 Å². The summed E-state index contributed by atoms with van der Waals surface area (Å²) in [4.78, 5) is 23.3. The fourth-order valence-corrected chi connectivity index (χ4v) is 10.3. The lowest BCUT2D eigenvalue weighted by atomic mass is 9.59. The summed E-state index contributed by atoms with van der Waals surface area (Å²) in [5, 5.41) is 28.1. The average Bonchev–Trinajstić information content (AvgIpc) is 3.74. The Kier molecular flexibility index (Phi) is 12.2. The molecule has 5 aromatic rings. The van der Waals surface area contributed by atoms with Gasteiger partial charge in [-0.15, -0.1) is 0 Å². The number of rotatable bonds is 14. The number of nitrogens with zero attached hydrogens (tertiary/aromatic N) is 4. The first-order valence-corrected chi connectivity index (χ1v) is 23.0. The Hall–Kier alpha value is -5.07. The number of aliphatic hydroxyl groups is 1. The van der Waals surface area contributed by atoms with Crippen molar-refractivity contribution in [3.05, 3.63) is 117 Å². The van der Waals surface area contributed by atoms with Gasteiger partial charge in [-0.1, -0.05) is 35.7 Å². The maximum atomic E-state index is 13.7. The van der Waals surface area contributed by atoms with Crippen molar-refractivity contribution in [1.82, 2.24) is 19.6 Å². The van der Waals surface area contributed by atoms with E-state index in [0.717, 1.165) is 67.7 Å². The molecular formula is C45H50ClN7O8S. The largest absolute Gasteiger partial charge is 0.455 e. The Bertz CT molecular complexity index is 2570. The number of nitro groups is 1. The van der Waals surface area contributed by atoms with Crippen LogP contribution < -0.4 is 19.7 Å². The van der Waals surface area contributed by atoms with E-state index in [9.17, 15) is 23.6 Å². The van der Waals surface area contributed by atoms with E-state index >= 15 is 0 Å². The highest BCUT2D eigenvalue weighted by molar-refractivity contribution is 7.89. The zero-order valence-electron chi connectivity index (χ0n) is 34.2. The van der Waals surface area contributed by atoms with Crippen LogP contribution in [0.4, 0.5) is 17.1 Å². The number of piperazine rings is 1. The van der Waals surface area contributed by atoms with Crippen LogP contribution in [-0.2, 0) is 19.5 Å². The Morgan fingerprint density at radius 3 is 2.60 bits per heavy atom. The molecule has 4 heterocycles. The second-order valence-corrected chi connectivity index (χ2v) is 18.9. The van der Waals surface area contributed by atoms with Crippen LogP contribution in [-0.4, -0.2) is 98.5 Å². The molecule has 17 heteroatoms. The van der Waals surface area contributed by atoms with Crippen molar-refractivity contribution >= 4 is 55.3 Å². The summed E-state index contributed by atoms with van der Waals surface area (Å²) >= 11 is 6.28. The van der Waals surface area contributed by atoms with Crippen molar-refractivity contribution in [3.8, 4) is 11.5 Å². The molecule has 15 nitrogen and oxygen atoms in total. The van der Waals surface area contributed by atoms with Gasteiger partial charge in [-0.25, -0.2) is 13.4 Å². The lowest BCUT2D eigenvalue weighted by molar-refractivity contribution is -0.384. The maximum Gasteiger partial charge on any atom is 0.293 e. The summed E-state index contributed by atoms with van der Waals surface area (Å²) in [6.07, 6.45) is 8.67. The van der Waals surface area contributed by atoms with Crippen LogP contribution in [0.2, 0.25) is 5.02 Å². The minimum atomic E-state index is -4.48. The number of nitrogens with one attached hydrogen (secondary N) is 3. The molecule has 4 N–H and O–H groups in total. The molecule has 3 aromatic carbocycles. The molecule has 4 aliphatic rings. The number of allylic oxidation sites excluding steroid dienone is 1. The maximum absolute atomic E-state index is 13.7. The number of aromatic amines is 1. The van der Waals surface area contributed by atoms with E-state index in [1.807, 2.05) is 24.3 Å². The van der Waals surface area contributed by atoms with Gasteiger partial charge in [0.15, 0.2) is 0 Å². The number of aromatic nitrogens is 2. The first-order chi connectivity index (χ1) is 30.0. The molecule has 0 amide bonds. The van der Waals surface area contributed by atoms with Gasteiger partial charge >= 0.3 is 0 Å². The molecular weight excluding hydrogens is 834 g/mol. The Labute approximate surface area is 365 Å². The number of halogens is 1. The van der Waals surface area contributed by atoms with Gasteiger partial charge < -0.3 is 34.5 Å². The van der Waals surface area contributed by atoms with Gasteiger partial charge in [-0.05, 0) is 97.2 Å². The van der Waals surface area contributed by atoms with Gasteiger partial charge in [0.1, 0.15) is 29.1 Å². The smallest absolute Gasteiger partial charge is 0.293 e. The molecule has 2 aromatic heterocycles. The number of pyridine rings is 1. The number of aliphatic hydroxyl groups excluding tert-OH is 1. The first kappa shape index (κ1) is 42.2. The van der Waals surface area contributed by atoms with E-state index in [4.69, 9.17) is 25.8 Å². The summed E-state index contributed by atoms with van der Waals surface area (Å²) < 4.78 is 47.1. The van der Waals surface area contributed by atoms with Gasteiger partial charge in [0.05, 0.1) is 41.9 Å². The van der Waals surface area contributed by atoms with Crippen LogP contribution >= 0.6 is 11.6 Å². The third kappa shape index (κ3) is 9.32. The highest BCUT2D eigenvalue weighted by Gasteiger charge is 2.41. The molecule has 2 aliphatic heterocycles. The van der Waals surface area contributed by atoms with E-state index in [1.54, 1.807) is 30.6 Å². The number of hydrogen-bond acceptors (Lipinski definition) is 12. The molecule has 2 unspecified atom stereocenters. The van der Waals surface area contributed by atoms with Crippen LogP contribution in [0.5, 0.6) is 11.5 Å². The van der Waals surface area contributed by atoms with Crippen molar-refractivity contribution in [2.75, 3.05) is 69.3 Å². The molecule has 9 rings (SSSR count). The summed E-state index contributed by atoms with van der Waals surface area (Å²) in [7, 11) is -4.48. The molecule has 3 fully saturated rings. The number of nitro benzene ring substituents is 1. The van der Waals surface area contributed by atoms with Crippen LogP contribution in [0.15, 0.2) is 95.7 Å². The third-order valence-corrected chi connectivity index (χ3v) is 14.4. The fourth-order valence-electron chi connectivity index (χ4n) is 9.10. The molecule has 0 radical (unpaired) electrons. The van der Waals surface area contributed by atoms with Crippen LogP contribution in [0.3, 0.4) is 0 Å². The fraction of sp³-hybridized carbons (Fsp3) is 0.400. The number of anilines is 2. The number of hydrogen-bond donors (Lipinski definition) is 4. The van der Waals surface area contributed by atoms with Crippen LogP contribution in [0, 0.1) is 15.5 Å². The minimum Gasteiger partial charge on any atom is -0.455 e. The summed E-state index contributed by atoms with van der Waals surface area (Å²) in [5.74, 6) is 0.612. The molecule has 0 bridgehead atoms. The van der Waals surface area contributed by atoms with E-state index in [1.165, 1.54) is 54.5 Å². The first-order valence-electron chi connectivity index (χ1n) is 21.1. The van der Waals surface area contributed by atoms with Crippen molar-refractivity contribution < 1.29 is 32.7 Å². The van der Waals surface area contributed by atoms with Gasteiger partial charge in [0, 0.05) is 79.3 Å². The summed E-state index contributed by atoms with van der Waals surface area (Å²) in [6.45, 7) is 5.58. The number of ether oxygens (including phenoxy) is 3. The highest BCUT2D eigenvalue weighted by atomic mass is 35.5. The van der Waals surface area contributed by atoms with Gasteiger partial charge in [0.2, 0.25) is 10.0 Å². The summed E-state index contributed by atoms with van der Waals surface area (Å²) in [5.41, 5.74) is 6.09. The minimum absolute atomic E-state index is 0.124. The van der Waals surface area contributed by atoms with Crippen LogP contribution in [0.1, 0.15) is 55.9 Å². The summed E-state index contributed by atoms with van der Waals surface area (Å²) in [6, 6.07) is 20.8. The van der Waals surface area contributed by atoms with Crippen molar-refractivity contribution in [2.45, 2.75) is 55.8 Å². The lowest BCUT2D eigenvalue weighted by Crippen LogP contribution is -2.47. The zero-order chi connectivity index (χ0) is 42.8. The number of fused-ring (bicyclic) bond motifs is 1. The van der Waals surface area contributed by atoms with Crippen molar-refractivity contribution in [3.63, 3.8) is 0 Å². The van der Waals surface area contributed by atoms with E-state index in [-0.39, 0.29) is 29.6 Å². The number of sulfonamides is 1. The lowest BCUT2D eigenvalue weighted by Gasteiger charge is -2.47. The molecule has 62 heavy (non-hydrogen) atoms. The predicted octanol–water partition coefficient (Wildman–Crippen LogP) is 7.64. The SMILES string of the molecule is O=[N+]([O-])c1cc(S(=O)(=O)NC(O)c2ccc(N3CCN(CC4=C(c5ccc(Cl)cc5)CC5(CCC5)CC4)CC3)cc2Oc2cnc3[nH]ccc3c2)ccc1NCC1COCCO1. The monoisotopic (exact) mass is 883 g/mol. The van der Waals surface area contributed by atoms with Gasteiger partial charge in [0.25, 0.3) is 5.69 Å². The van der Waals surface area contributed by atoms with Gasteiger partial charge in [-0.2, -0.15) is 4.72 Å². The predicted molar refractivity (Wildman–Crippen MR) is 237 cm³/mol. The molecule has 1 saturated carbocycles. The number of benzene rings is 3. The molecule has 326 valence electrons. The zero-order valence-corrected chi connectivity index (χ0v) is 35.8. The number of H-pyrrole nitrogens is 1. The quantitative estimate of drug-likeness (QED) is 0.0486. The second kappa shape index (κ2) is 18.0. The standard InChI is InChI=1S/C45H50ClN7O8S/c46-33-4-2-30(3-5-33)39-25-45(12-1-13-45)14-10-32(39)28-51-16-18-52(19-17-51)34-6-8-38(42(23-34)61-35-22-31-11-15-47-43(31)49-26-35)44(54)50-62(57,58)37-7-9-40(41(24-37)53(55)56)48-27-36-29-59-20-21-60-36/h2-9,11,15,22-24,26,36,44,48,50,54H,1,10,12-14,16-21,25,27-29H2,(H,47,49). The van der Waals surface area contributed by atoms with Crippen molar-refractivity contribution in [2.24, 2.45) is 5.41 Å². The normalized spacial score (nSPS) is 20.0. The average molecular weight is 884 g/mol. The van der Waals surface area contributed by atoms with E-state index in [2.05, 4.69) is 41.9 Å². The Morgan fingerprint density at radius 1 is 1.03 bits per heavy atom. The molecule has 2 atom stereocenters. The molecule has 2 aliphatic carbocycles. The topological polar surface area (TPSA) is 184 Å². The Morgan fingerprint density at radius 2 is 1.85 bits per heavy atom. The highest BCUT2D eigenvalue weighted by Crippen LogP contribution is 2.55. The van der Waals surface area contributed by atoms with E-state index in [0.29, 0.717) is 36.6 Å².